The molecule has 1 atom stereocenters. The predicted octanol–water partition coefficient (Wildman–Crippen LogP) is 4.08. The highest BCUT2D eigenvalue weighted by Crippen LogP contribution is 2.43. The predicted molar refractivity (Wildman–Crippen MR) is 91.7 cm³/mol. The fourth-order valence-electron chi connectivity index (χ4n) is 2.53. The number of benzene rings is 2. The van der Waals surface area contributed by atoms with Crippen LogP contribution in [0.2, 0.25) is 5.02 Å². The van der Waals surface area contributed by atoms with Crippen LogP contribution in [0.25, 0.3) is 0 Å². The zero-order chi connectivity index (χ0) is 15.7. The molecule has 2 aromatic rings. The molecule has 22 heavy (non-hydrogen) atoms. The molecule has 0 aliphatic carbocycles. The highest BCUT2D eigenvalue weighted by Gasteiger charge is 2.37. The SMILES string of the molecule is Cc1cccc(S(=O)(=O)N2CCS[C@@H]2c2ccccc2Cl)c1. The Morgan fingerprint density at radius 3 is 2.68 bits per heavy atom. The summed E-state index contributed by atoms with van der Waals surface area (Å²) in [4.78, 5) is 0.340. The van der Waals surface area contributed by atoms with Crippen LogP contribution in [-0.4, -0.2) is 25.0 Å². The van der Waals surface area contributed by atoms with Crippen molar-refractivity contribution >= 4 is 33.4 Å². The van der Waals surface area contributed by atoms with Crippen LogP contribution in [0.5, 0.6) is 0 Å². The fraction of sp³-hybridized carbons (Fsp3) is 0.250. The van der Waals surface area contributed by atoms with Gasteiger partial charge in [-0.15, -0.1) is 11.8 Å². The van der Waals surface area contributed by atoms with Crippen molar-refractivity contribution in [1.29, 1.82) is 0 Å². The lowest BCUT2D eigenvalue weighted by Crippen LogP contribution is -2.30. The van der Waals surface area contributed by atoms with E-state index in [2.05, 4.69) is 0 Å². The molecular formula is C16H16ClNO2S2. The van der Waals surface area contributed by atoms with Crippen LogP contribution < -0.4 is 0 Å². The van der Waals surface area contributed by atoms with Crippen molar-refractivity contribution in [3.8, 4) is 0 Å². The maximum absolute atomic E-state index is 13.0. The first-order valence-corrected chi connectivity index (χ1v) is 9.81. The van der Waals surface area contributed by atoms with Crippen LogP contribution in [0, 0.1) is 6.92 Å². The van der Waals surface area contributed by atoms with Crippen molar-refractivity contribution in [2.45, 2.75) is 17.2 Å². The molecule has 1 aliphatic heterocycles. The molecular weight excluding hydrogens is 338 g/mol. The van der Waals surface area contributed by atoms with Crippen LogP contribution >= 0.6 is 23.4 Å². The van der Waals surface area contributed by atoms with Gasteiger partial charge in [0.05, 0.1) is 10.3 Å². The summed E-state index contributed by atoms with van der Waals surface area (Å²) in [6.45, 7) is 2.39. The van der Waals surface area contributed by atoms with Crippen LogP contribution in [0.1, 0.15) is 16.5 Å². The van der Waals surface area contributed by atoms with Gasteiger partial charge in [0, 0.05) is 17.3 Å². The average Bonchev–Trinajstić information content (AvgIpc) is 2.98. The smallest absolute Gasteiger partial charge is 0.207 e. The van der Waals surface area contributed by atoms with Gasteiger partial charge in [-0.25, -0.2) is 8.42 Å². The van der Waals surface area contributed by atoms with Crippen molar-refractivity contribution in [3.63, 3.8) is 0 Å². The van der Waals surface area contributed by atoms with Gasteiger partial charge in [-0.1, -0.05) is 41.9 Å². The van der Waals surface area contributed by atoms with E-state index in [4.69, 9.17) is 11.6 Å². The molecule has 3 nitrogen and oxygen atoms in total. The second-order valence-corrected chi connectivity index (χ2v) is 8.66. The molecule has 2 aromatic carbocycles. The minimum absolute atomic E-state index is 0.265. The standard InChI is InChI=1S/C16H16ClNO2S2/c1-12-5-4-6-13(11-12)22(19,20)18-9-10-21-16(18)14-7-2-3-8-15(14)17/h2-8,11,16H,9-10H2,1H3/t16-/m1/s1. The Balaban J connectivity index is 2.01. The Morgan fingerprint density at radius 2 is 1.95 bits per heavy atom. The van der Waals surface area contributed by atoms with Crippen molar-refractivity contribution in [2.75, 3.05) is 12.3 Å². The number of aryl methyl sites for hydroxylation is 1. The normalized spacial score (nSPS) is 19.5. The highest BCUT2D eigenvalue weighted by molar-refractivity contribution is 8.01. The number of sulfonamides is 1. The summed E-state index contributed by atoms with van der Waals surface area (Å²) in [6.07, 6.45) is 0. The van der Waals surface area contributed by atoms with Gasteiger partial charge in [0.2, 0.25) is 10.0 Å². The lowest BCUT2D eigenvalue weighted by molar-refractivity contribution is 0.434. The first-order chi connectivity index (χ1) is 10.5. The zero-order valence-electron chi connectivity index (χ0n) is 12.1. The number of halogens is 1. The number of hydrogen-bond donors (Lipinski definition) is 0. The minimum atomic E-state index is -3.52. The van der Waals surface area contributed by atoms with E-state index in [0.29, 0.717) is 16.5 Å². The van der Waals surface area contributed by atoms with E-state index in [9.17, 15) is 8.42 Å². The van der Waals surface area contributed by atoms with Gasteiger partial charge < -0.3 is 0 Å². The van der Waals surface area contributed by atoms with Gasteiger partial charge in [-0.2, -0.15) is 4.31 Å². The quantitative estimate of drug-likeness (QED) is 0.834. The van der Waals surface area contributed by atoms with Crippen LogP contribution in [-0.2, 0) is 10.0 Å². The number of nitrogens with zero attached hydrogens (tertiary/aromatic N) is 1. The fourth-order valence-corrected chi connectivity index (χ4v) is 6.21. The summed E-state index contributed by atoms with van der Waals surface area (Å²) in [5, 5.41) is 0.338. The molecule has 0 N–H and O–H groups in total. The molecule has 1 heterocycles. The number of thioether (sulfide) groups is 1. The molecule has 1 aliphatic rings. The first kappa shape index (κ1) is 15.9. The van der Waals surface area contributed by atoms with Crippen LogP contribution in [0.3, 0.4) is 0 Å². The third-order valence-corrected chi connectivity index (χ3v) is 7.20. The van der Waals surface area contributed by atoms with Gasteiger partial charge in [0.1, 0.15) is 0 Å². The zero-order valence-corrected chi connectivity index (χ0v) is 14.5. The topological polar surface area (TPSA) is 37.4 Å². The van der Waals surface area contributed by atoms with Crippen molar-refractivity contribution in [1.82, 2.24) is 4.31 Å². The Bertz CT molecular complexity index is 792. The van der Waals surface area contributed by atoms with Gasteiger partial charge in [0.25, 0.3) is 0 Å². The van der Waals surface area contributed by atoms with E-state index in [0.717, 1.165) is 16.9 Å². The summed E-state index contributed by atoms with van der Waals surface area (Å²) in [5.41, 5.74) is 1.78. The molecule has 3 rings (SSSR count). The molecule has 0 unspecified atom stereocenters. The largest absolute Gasteiger partial charge is 0.244 e. The van der Waals surface area contributed by atoms with E-state index >= 15 is 0 Å². The van der Waals surface area contributed by atoms with Crippen molar-refractivity contribution in [3.05, 3.63) is 64.7 Å². The van der Waals surface area contributed by atoms with Gasteiger partial charge >= 0.3 is 0 Å². The summed E-state index contributed by atoms with van der Waals surface area (Å²) in [7, 11) is -3.52. The monoisotopic (exact) mass is 353 g/mol. The number of rotatable bonds is 3. The summed E-state index contributed by atoms with van der Waals surface area (Å²) in [5.74, 6) is 0.765. The summed E-state index contributed by atoms with van der Waals surface area (Å²) >= 11 is 7.86. The van der Waals surface area contributed by atoms with E-state index < -0.39 is 10.0 Å². The van der Waals surface area contributed by atoms with Crippen LogP contribution in [0.4, 0.5) is 0 Å². The van der Waals surface area contributed by atoms with Crippen LogP contribution in [0.15, 0.2) is 53.4 Å². The molecule has 0 radical (unpaired) electrons. The van der Waals surface area contributed by atoms with Gasteiger partial charge in [-0.3, -0.25) is 0 Å². The summed E-state index contributed by atoms with van der Waals surface area (Å²) in [6, 6.07) is 14.5. The van der Waals surface area contributed by atoms with E-state index in [1.165, 1.54) is 0 Å². The highest BCUT2D eigenvalue weighted by atomic mass is 35.5. The Hall–Kier alpha value is -1.01. The average molecular weight is 354 g/mol. The molecule has 0 aromatic heterocycles. The third-order valence-electron chi connectivity index (χ3n) is 3.62. The molecule has 0 spiro atoms. The molecule has 0 bridgehead atoms. The molecule has 0 amide bonds. The molecule has 1 fully saturated rings. The van der Waals surface area contributed by atoms with Crippen molar-refractivity contribution in [2.24, 2.45) is 0 Å². The lowest BCUT2D eigenvalue weighted by atomic mass is 10.2. The number of hydrogen-bond acceptors (Lipinski definition) is 3. The maximum atomic E-state index is 13.0. The second kappa shape index (κ2) is 6.24. The third kappa shape index (κ3) is 2.91. The Labute approximate surface area is 140 Å². The Kier molecular flexibility index (Phi) is 4.50. The Morgan fingerprint density at radius 1 is 1.18 bits per heavy atom. The maximum Gasteiger partial charge on any atom is 0.244 e. The van der Waals surface area contributed by atoms with Gasteiger partial charge in [0.15, 0.2) is 0 Å². The van der Waals surface area contributed by atoms with E-state index in [1.54, 1.807) is 40.3 Å². The molecule has 6 heteroatoms. The molecule has 0 saturated carbocycles. The molecule has 116 valence electrons. The summed E-state index contributed by atoms with van der Waals surface area (Å²) < 4.78 is 27.5. The van der Waals surface area contributed by atoms with E-state index in [1.807, 2.05) is 31.2 Å². The second-order valence-electron chi connectivity index (χ2n) is 5.18. The van der Waals surface area contributed by atoms with Crippen molar-refractivity contribution < 1.29 is 8.42 Å². The lowest BCUT2D eigenvalue weighted by Gasteiger charge is -2.24. The van der Waals surface area contributed by atoms with Gasteiger partial charge in [-0.05, 0) is 36.2 Å². The molecule has 1 saturated heterocycles. The minimum Gasteiger partial charge on any atom is -0.207 e. The van der Waals surface area contributed by atoms with E-state index in [-0.39, 0.29) is 5.37 Å². The first-order valence-electron chi connectivity index (χ1n) is 6.95.